The highest BCUT2D eigenvalue weighted by Crippen LogP contribution is 2.44. The first kappa shape index (κ1) is 21.0. The van der Waals surface area contributed by atoms with Crippen molar-refractivity contribution in [2.24, 2.45) is 5.92 Å². The predicted molar refractivity (Wildman–Crippen MR) is 94.7 cm³/mol. The van der Waals surface area contributed by atoms with Crippen molar-refractivity contribution >= 4 is 12.1 Å². The van der Waals surface area contributed by atoms with Crippen molar-refractivity contribution in [2.75, 3.05) is 6.61 Å². The van der Waals surface area contributed by atoms with Crippen LogP contribution in [0.3, 0.4) is 0 Å². The number of ether oxygens (including phenoxy) is 4. The second-order valence-corrected chi connectivity index (χ2v) is 7.06. The lowest BCUT2D eigenvalue weighted by Gasteiger charge is -2.24. The summed E-state index contributed by atoms with van der Waals surface area (Å²) < 4.78 is 36.7. The molecular formula is C18H23FN2O8. The highest BCUT2D eigenvalue weighted by molar-refractivity contribution is 5.72. The fraction of sp³-hybridized carbons (Fsp3) is 0.667. The van der Waals surface area contributed by atoms with E-state index in [-0.39, 0.29) is 5.92 Å². The molecule has 0 radical (unpaired) electrons. The number of hydrogen-bond donors (Lipinski definition) is 1. The summed E-state index contributed by atoms with van der Waals surface area (Å²) in [6, 6.07) is 1.04. The highest BCUT2D eigenvalue weighted by atomic mass is 19.2. The van der Waals surface area contributed by atoms with E-state index in [1.54, 1.807) is 0 Å². The van der Waals surface area contributed by atoms with Gasteiger partial charge in [0.15, 0.2) is 18.9 Å². The van der Waals surface area contributed by atoms with Crippen LogP contribution in [0.15, 0.2) is 21.9 Å². The molecule has 0 aromatic carbocycles. The van der Waals surface area contributed by atoms with Crippen LogP contribution in [0.25, 0.3) is 0 Å². The number of aromatic nitrogens is 2. The van der Waals surface area contributed by atoms with E-state index in [4.69, 9.17) is 18.9 Å². The van der Waals surface area contributed by atoms with Gasteiger partial charge in [0.25, 0.3) is 11.4 Å². The van der Waals surface area contributed by atoms with Crippen LogP contribution < -0.4 is 11.2 Å². The fourth-order valence-electron chi connectivity index (χ4n) is 3.57. The number of aromatic amines is 1. The summed E-state index contributed by atoms with van der Waals surface area (Å²) in [5.74, 6) is -3.65. The van der Waals surface area contributed by atoms with Gasteiger partial charge in [-0.25, -0.2) is 14.0 Å². The summed E-state index contributed by atoms with van der Waals surface area (Å²) in [6.45, 7) is 3.03. The molecule has 0 saturated carbocycles. The third-order valence-electron chi connectivity index (χ3n) is 4.92. The van der Waals surface area contributed by atoms with Gasteiger partial charge in [-0.1, -0.05) is 26.7 Å². The second kappa shape index (κ2) is 8.36. The van der Waals surface area contributed by atoms with Gasteiger partial charge in [-0.3, -0.25) is 19.1 Å². The number of halogens is 1. The van der Waals surface area contributed by atoms with Crippen molar-refractivity contribution in [1.29, 1.82) is 0 Å². The van der Waals surface area contributed by atoms with E-state index in [0.717, 1.165) is 29.7 Å². The molecule has 10 nitrogen and oxygen atoms in total. The predicted octanol–water partition coefficient (Wildman–Crippen LogP) is 1.39. The lowest BCUT2D eigenvalue weighted by atomic mass is 9.98. The Bertz CT molecular complexity index is 877. The van der Waals surface area contributed by atoms with Gasteiger partial charge in [0.1, 0.15) is 0 Å². The van der Waals surface area contributed by atoms with Gasteiger partial charge in [0.2, 0.25) is 6.10 Å². The molecule has 2 aliphatic rings. The van der Waals surface area contributed by atoms with Crippen LogP contribution in [0.1, 0.15) is 45.8 Å². The average Bonchev–Trinajstić information content (AvgIpc) is 3.17. The van der Waals surface area contributed by atoms with Gasteiger partial charge in [0, 0.05) is 12.3 Å². The van der Waals surface area contributed by atoms with Crippen LogP contribution >= 0.6 is 0 Å². The number of H-pyrrole nitrogens is 1. The Hall–Kier alpha value is -2.69. The number of alkyl halides is 1. The van der Waals surface area contributed by atoms with Gasteiger partial charge in [-0.15, -0.1) is 0 Å². The smallest absolute Gasteiger partial charge is 0.459 e. The monoisotopic (exact) mass is 414 g/mol. The first-order valence-electron chi connectivity index (χ1n) is 9.51. The third kappa shape index (κ3) is 4.19. The molecule has 2 saturated heterocycles. The highest BCUT2D eigenvalue weighted by Gasteiger charge is 2.65. The summed E-state index contributed by atoms with van der Waals surface area (Å²) in [4.78, 5) is 49.2. The number of carbonyl (C=O) groups excluding carboxylic acids is 2. The van der Waals surface area contributed by atoms with Crippen molar-refractivity contribution in [3.63, 3.8) is 0 Å². The van der Waals surface area contributed by atoms with Gasteiger partial charge >= 0.3 is 17.8 Å². The number of nitrogens with one attached hydrogen (secondary N) is 1. The Balaban J connectivity index is 1.79. The van der Waals surface area contributed by atoms with Crippen LogP contribution in [0, 0.1) is 5.92 Å². The molecular weight excluding hydrogens is 391 g/mol. The number of rotatable bonds is 8. The molecule has 3 rings (SSSR count). The van der Waals surface area contributed by atoms with Gasteiger partial charge in [-0.2, -0.15) is 0 Å². The molecule has 0 amide bonds. The Morgan fingerprint density at radius 1 is 1.28 bits per heavy atom. The van der Waals surface area contributed by atoms with Crippen LogP contribution in [-0.2, 0) is 23.7 Å². The van der Waals surface area contributed by atoms with Gasteiger partial charge < -0.3 is 18.9 Å². The first-order valence-corrected chi connectivity index (χ1v) is 9.51. The van der Waals surface area contributed by atoms with E-state index in [9.17, 15) is 19.2 Å². The topological polar surface area (TPSA) is 126 Å². The molecule has 2 aliphatic heterocycles. The SMILES string of the molecule is CCCC(CCC)C(=O)OC[C@@]1(F)O[C@@H](n2ccc(=O)[nH]c2=O)[C@@H]2OC(=O)O[C@@H]21. The zero-order valence-electron chi connectivity index (χ0n) is 16.1. The van der Waals surface area contributed by atoms with Gasteiger partial charge in [0.05, 0.1) is 5.92 Å². The molecule has 160 valence electrons. The quantitative estimate of drug-likeness (QED) is 0.633. The Morgan fingerprint density at radius 3 is 2.59 bits per heavy atom. The molecule has 1 aromatic heterocycles. The molecule has 2 fully saturated rings. The number of nitrogens with zero attached hydrogens (tertiary/aromatic N) is 1. The maximum atomic E-state index is 15.5. The lowest BCUT2D eigenvalue weighted by molar-refractivity contribution is -0.221. The van der Waals surface area contributed by atoms with Crippen LogP contribution in [0.2, 0.25) is 0 Å². The van der Waals surface area contributed by atoms with E-state index in [1.165, 1.54) is 0 Å². The largest absolute Gasteiger partial charge is 0.509 e. The maximum Gasteiger partial charge on any atom is 0.509 e. The minimum absolute atomic E-state index is 0.370. The van der Waals surface area contributed by atoms with E-state index in [0.29, 0.717) is 12.8 Å². The van der Waals surface area contributed by atoms with E-state index in [1.807, 2.05) is 18.8 Å². The summed E-state index contributed by atoms with van der Waals surface area (Å²) in [5, 5.41) is 0. The normalized spacial score (nSPS) is 28.1. The minimum atomic E-state index is -2.71. The van der Waals surface area contributed by atoms with Crippen molar-refractivity contribution < 1.29 is 32.9 Å². The second-order valence-electron chi connectivity index (χ2n) is 7.06. The summed E-state index contributed by atoms with van der Waals surface area (Å²) in [7, 11) is 0. The number of esters is 1. The molecule has 0 aliphatic carbocycles. The molecule has 0 unspecified atom stereocenters. The van der Waals surface area contributed by atoms with Crippen LogP contribution in [0.4, 0.5) is 9.18 Å². The van der Waals surface area contributed by atoms with Crippen molar-refractivity contribution in [1.82, 2.24) is 9.55 Å². The van der Waals surface area contributed by atoms with Crippen LogP contribution in [-0.4, -0.2) is 46.3 Å². The fourth-order valence-corrected chi connectivity index (χ4v) is 3.57. The average molecular weight is 414 g/mol. The van der Waals surface area contributed by atoms with E-state index < -0.39 is 54.3 Å². The number of fused-ring (bicyclic) bond motifs is 1. The molecule has 4 atom stereocenters. The zero-order chi connectivity index (χ0) is 21.2. The molecule has 1 aromatic rings. The molecule has 0 bridgehead atoms. The molecule has 3 heterocycles. The van der Waals surface area contributed by atoms with Crippen molar-refractivity contribution in [2.45, 2.75) is 63.8 Å². The first-order chi connectivity index (χ1) is 13.8. The van der Waals surface area contributed by atoms with Crippen molar-refractivity contribution in [3.8, 4) is 0 Å². The molecule has 11 heteroatoms. The third-order valence-corrected chi connectivity index (χ3v) is 4.92. The van der Waals surface area contributed by atoms with Crippen molar-refractivity contribution in [3.05, 3.63) is 33.1 Å². The number of hydrogen-bond acceptors (Lipinski definition) is 8. The minimum Gasteiger partial charge on any atom is -0.459 e. The molecule has 0 spiro atoms. The maximum absolute atomic E-state index is 15.5. The number of carbonyl (C=O) groups is 2. The lowest BCUT2D eigenvalue weighted by Crippen LogP contribution is -2.43. The Kier molecular flexibility index (Phi) is 6.06. The van der Waals surface area contributed by atoms with Crippen LogP contribution in [0.5, 0.6) is 0 Å². The zero-order valence-corrected chi connectivity index (χ0v) is 16.1. The van der Waals surface area contributed by atoms with E-state index in [2.05, 4.69) is 0 Å². The Labute approximate surface area is 164 Å². The van der Waals surface area contributed by atoms with E-state index >= 15 is 4.39 Å². The van der Waals surface area contributed by atoms with Gasteiger partial charge in [-0.05, 0) is 12.8 Å². The summed E-state index contributed by atoms with van der Waals surface area (Å²) in [6.07, 6.45) is -1.53. The standard InChI is InChI=1S/C18H23FN2O8/c1-3-5-10(6-4-2)15(23)26-9-18(19)13-12(27-17(25)28-13)14(29-18)21-8-7-11(22)20-16(21)24/h7-8,10,12-14H,3-6,9H2,1-2H3,(H,20,22,24)/t12-,13+,14-,18-/m1/s1. The summed E-state index contributed by atoms with van der Waals surface area (Å²) >= 11 is 0. The molecule has 1 N–H and O–H groups in total. The Morgan fingerprint density at radius 2 is 1.97 bits per heavy atom. The summed E-state index contributed by atoms with van der Waals surface area (Å²) in [5.41, 5.74) is -1.53. The molecule has 29 heavy (non-hydrogen) atoms.